The molecule has 0 aliphatic carbocycles. The van der Waals surface area contributed by atoms with Crippen LogP contribution in [0.3, 0.4) is 0 Å². The molecule has 0 aromatic heterocycles. The van der Waals surface area contributed by atoms with Crippen LogP contribution in [0.5, 0.6) is 0 Å². The first-order valence-corrected chi connectivity index (χ1v) is 7.94. The number of piperazine rings is 1. The molecule has 2 aliphatic heterocycles. The summed E-state index contributed by atoms with van der Waals surface area (Å²) in [5, 5.41) is 0. The molecule has 5 nitrogen and oxygen atoms in total. The summed E-state index contributed by atoms with van der Waals surface area (Å²) in [7, 11) is -3.47. The molecule has 2 aliphatic rings. The molecule has 2 saturated heterocycles. The van der Waals surface area contributed by atoms with Crippen molar-refractivity contribution < 1.29 is 12.6 Å². The summed E-state index contributed by atoms with van der Waals surface area (Å²) in [4.78, 5) is 2.32. The van der Waals surface area contributed by atoms with E-state index in [1.807, 2.05) is 18.2 Å². The Bertz CT molecular complexity index is 532. The van der Waals surface area contributed by atoms with Crippen LogP contribution in [0, 0.1) is 0 Å². The van der Waals surface area contributed by atoms with E-state index in [0.717, 1.165) is 26.1 Å². The zero-order valence-corrected chi connectivity index (χ0v) is 11.6. The van der Waals surface area contributed by atoms with Gasteiger partial charge in [0.25, 0.3) is 0 Å². The van der Waals surface area contributed by atoms with Crippen molar-refractivity contribution in [1.29, 1.82) is 0 Å². The highest BCUT2D eigenvalue weighted by molar-refractivity contribution is 7.84. The van der Waals surface area contributed by atoms with E-state index in [4.69, 9.17) is 4.18 Å². The fourth-order valence-electron chi connectivity index (χ4n) is 2.77. The second-order valence-corrected chi connectivity index (χ2v) is 6.61. The summed E-state index contributed by atoms with van der Waals surface area (Å²) in [6.45, 7) is 3.26. The molecular formula is C13H18N2O3S. The van der Waals surface area contributed by atoms with Crippen molar-refractivity contribution in [1.82, 2.24) is 9.21 Å². The van der Waals surface area contributed by atoms with Crippen molar-refractivity contribution in [3.05, 3.63) is 35.9 Å². The highest BCUT2D eigenvalue weighted by Gasteiger charge is 2.38. The van der Waals surface area contributed by atoms with Gasteiger partial charge >= 0.3 is 10.3 Å². The van der Waals surface area contributed by atoms with E-state index in [2.05, 4.69) is 17.0 Å². The van der Waals surface area contributed by atoms with Crippen molar-refractivity contribution in [2.24, 2.45) is 0 Å². The third-order valence-corrected chi connectivity index (χ3v) is 5.25. The lowest BCUT2D eigenvalue weighted by atomic mass is 10.1. The molecule has 0 amide bonds. The Hall–Kier alpha value is -0.950. The second kappa shape index (κ2) is 5.20. The first kappa shape index (κ1) is 13.1. The van der Waals surface area contributed by atoms with E-state index in [1.54, 1.807) is 0 Å². The first-order chi connectivity index (χ1) is 9.15. The van der Waals surface area contributed by atoms with E-state index in [-0.39, 0.29) is 6.04 Å². The Morgan fingerprint density at radius 3 is 2.79 bits per heavy atom. The Morgan fingerprint density at radius 1 is 1.21 bits per heavy atom. The quantitative estimate of drug-likeness (QED) is 0.806. The lowest BCUT2D eigenvalue weighted by Gasteiger charge is -2.42. The molecule has 0 spiro atoms. The maximum Gasteiger partial charge on any atom is 0.338 e. The average molecular weight is 282 g/mol. The Morgan fingerprint density at radius 2 is 2.00 bits per heavy atom. The van der Waals surface area contributed by atoms with E-state index >= 15 is 0 Å². The molecule has 0 saturated carbocycles. The van der Waals surface area contributed by atoms with Gasteiger partial charge in [-0.2, -0.15) is 12.7 Å². The SMILES string of the molecule is O=S1(=O)OCCC2CN(Cc3ccccc3)CCN21. The number of nitrogens with zero attached hydrogens (tertiary/aromatic N) is 2. The van der Waals surface area contributed by atoms with Gasteiger partial charge in [0.15, 0.2) is 0 Å². The molecule has 104 valence electrons. The first-order valence-electron chi connectivity index (χ1n) is 6.58. The molecule has 1 unspecified atom stereocenters. The van der Waals surface area contributed by atoms with Gasteiger partial charge in [-0.1, -0.05) is 30.3 Å². The smallest absolute Gasteiger partial charge is 0.296 e. The minimum absolute atomic E-state index is 0.0659. The second-order valence-electron chi connectivity index (χ2n) is 5.05. The number of benzene rings is 1. The van der Waals surface area contributed by atoms with Crippen molar-refractivity contribution in [3.8, 4) is 0 Å². The topological polar surface area (TPSA) is 49.9 Å². The van der Waals surface area contributed by atoms with Crippen LogP contribution in [0.1, 0.15) is 12.0 Å². The maximum absolute atomic E-state index is 11.8. The predicted octanol–water partition coefficient (Wildman–Crippen LogP) is 0.838. The molecule has 19 heavy (non-hydrogen) atoms. The van der Waals surface area contributed by atoms with Gasteiger partial charge in [0.05, 0.1) is 6.61 Å². The fourth-order valence-corrected chi connectivity index (χ4v) is 4.06. The lowest BCUT2D eigenvalue weighted by molar-refractivity contribution is 0.0780. The summed E-state index contributed by atoms with van der Waals surface area (Å²) in [5.41, 5.74) is 1.27. The minimum Gasteiger partial charge on any atom is -0.296 e. The molecule has 1 aromatic rings. The molecule has 2 heterocycles. The molecule has 3 rings (SSSR count). The summed E-state index contributed by atoms with van der Waals surface area (Å²) < 4.78 is 29.9. The summed E-state index contributed by atoms with van der Waals surface area (Å²) >= 11 is 0. The lowest BCUT2D eigenvalue weighted by Crippen LogP contribution is -2.57. The van der Waals surface area contributed by atoms with E-state index < -0.39 is 10.3 Å². The summed E-state index contributed by atoms with van der Waals surface area (Å²) in [6.07, 6.45) is 0.782. The zero-order chi connectivity index (χ0) is 13.3. The van der Waals surface area contributed by atoms with Crippen LogP contribution in [0.15, 0.2) is 30.3 Å². The van der Waals surface area contributed by atoms with Crippen LogP contribution in [0.4, 0.5) is 0 Å². The predicted molar refractivity (Wildman–Crippen MR) is 71.7 cm³/mol. The Balaban J connectivity index is 1.67. The molecular weight excluding hydrogens is 264 g/mol. The van der Waals surface area contributed by atoms with Gasteiger partial charge in [-0.25, -0.2) is 0 Å². The number of hydrogen-bond acceptors (Lipinski definition) is 4. The van der Waals surface area contributed by atoms with Gasteiger partial charge in [-0.15, -0.1) is 0 Å². The number of rotatable bonds is 2. The Labute approximate surface area is 114 Å². The zero-order valence-electron chi connectivity index (χ0n) is 10.7. The maximum atomic E-state index is 11.8. The van der Waals surface area contributed by atoms with Crippen LogP contribution >= 0.6 is 0 Å². The van der Waals surface area contributed by atoms with Gasteiger partial charge in [-0.3, -0.25) is 9.08 Å². The van der Waals surface area contributed by atoms with Gasteiger partial charge in [0.2, 0.25) is 0 Å². The van der Waals surface area contributed by atoms with Crippen LogP contribution in [-0.4, -0.2) is 49.9 Å². The van der Waals surface area contributed by atoms with Gasteiger partial charge in [0, 0.05) is 32.2 Å². The summed E-state index contributed by atoms with van der Waals surface area (Å²) in [5.74, 6) is 0. The van der Waals surface area contributed by atoms with Crippen molar-refractivity contribution >= 4 is 10.3 Å². The van der Waals surface area contributed by atoms with Gasteiger partial charge in [-0.05, 0) is 12.0 Å². The molecule has 2 fully saturated rings. The minimum atomic E-state index is -3.47. The van der Waals surface area contributed by atoms with Crippen molar-refractivity contribution in [2.45, 2.75) is 19.0 Å². The normalized spacial score (nSPS) is 27.9. The molecule has 1 atom stereocenters. The molecule has 6 heteroatoms. The van der Waals surface area contributed by atoms with Crippen molar-refractivity contribution in [3.63, 3.8) is 0 Å². The van der Waals surface area contributed by atoms with Gasteiger partial charge < -0.3 is 0 Å². The Kier molecular flexibility index (Phi) is 3.58. The molecule has 0 bridgehead atoms. The van der Waals surface area contributed by atoms with Crippen LogP contribution in [0.2, 0.25) is 0 Å². The van der Waals surface area contributed by atoms with Crippen LogP contribution < -0.4 is 0 Å². The molecule has 0 N–H and O–H groups in total. The largest absolute Gasteiger partial charge is 0.338 e. The number of hydrogen-bond donors (Lipinski definition) is 0. The van der Waals surface area contributed by atoms with Gasteiger partial charge in [0.1, 0.15) is 0 Å². The average Bonchev–Trinajstić information content (AvgIpc) is 2.39. The van der Waals surface area contributed by atoms with E-state index in [0.29, 0.717) is 13.2 Å². The van der Waals surface area contributed by atoms with Crippen LogP contribution in [0.25, 0.3) is 0 Å². The molecule has 0 radical (unpaired) electrons. The third-order valence-electron chi connectivity index (χ3n) is 3.73. The molecule has 1 aromatic carbocycles. The highest BCUT2D eigenvalue weighted by atomic mass is 32.2. The third kappa shape index (κ3) is 2.81. The standard InChI is InChI=1S/C13H18N2O3S/c16-19(17)15-8-7-14(11-13(15)6-9-18-19)10-12-4-2-1-3-5-12/h1-5,13H,6-11H2. The van der Waals surface area contributed by atoms with E-state index in [9.17, 15) is 8.42 Å². The summed E-state index contributed by atoms with van der Waals surface area (Å²) in [6, 6.07) is 10.3. The van der Waals surface area contributed by atoms with E-state index in [1.165, 1.54) is 9.87 Å². The fraction of sp³-hybridized carbons (Fsp3) is 0.538. The van der Waals surface area contributed by atoms with Crippen LogP contribution in [-0.2, 0) is 21.0 Å². The number of fused-ring (bicyclic) bond motifs is 1. The van der Waals surface area contributed by atoms with Crippen molar-refractivity contribution in [2.75, 3.05) is 26.2 Å². The monoisotopic (exact) mass is 282 g/mol. The highest BCUT2D eigenvalue weighted by Crippen LogP contribution is 2.23.